The van der Waals surface area contributed by atoms with Crippen molar-refractivity contribution in [1.29, 1.82) is 0 Å². The predicted octanol–water partition coefficient (Wildman–Crippen LogP) is 4.05. The van der Waals surface area contributed by atoms with E-state index in [4.69, 9.17) is 0 Å². The number of benzene rings is 2. The van der Waals surface area contributed by atoms with Gasteiger partial charge in [0.05, 0.1) is 5.56 Å². The molecule has 1 unspecified atom stereocenters. The zero-order valence-corrected chi connectivity index (χ0v) is 16.3. The molecule has 0 aliphatic heterocycles. The van der Waals surface area contributed by atoms with E-state index >= 15 is 0 Å². The Labute approximate surface area is 159 Å². The van der Waals surface area contributed by atoms with Crippen molar-refractivity contribution in [2.75, 3.05) is 0 Å². The van der Waals surface area contributed by atoms with Crippen molar-refractivity contribution in [3.63, 3.8) is 0 Å². The van der Waals surface area contributed by atoms with Crippen LogP contribution in [0, 0.1) is 0 Å². The molecule has 2 aromatic carbocycles. The van der Waals surface area contributed by atoms with Crippen LogP contribution in [0.5, 0.6) is 11.5 Å². The molecule has 27 heavy (non-hydrogen) atoms. The van der Waals surface area contributed by atoms with Crippen molar-refractivity contribution in [3.8, 4) is 11.5 Å². The van der Waals surface area contributed by atoms with Gasteiger partial charge in [-0.3, -0.25) is 14.5 Å². The molecule has 0 bridgehead atoms. The van der Waals surface area contributed by atoms with Gasteiger partial charge in [-0.05, 0) is 58.4 Å². The Morgan fingerprint density at radius 3 is 2.00 bits per heavy atom. The summed E-state index contributed by atoms with van der Waals surface area (Å²) in [5, 5.41) is 19.8. The molecule has 0 saturated heterocycles. The van der Waals surface area contributed by atoms with Crippen molar-refractivity contribution < 1.29 is 19.8 Å². The summed E-state index contributed by atoms with van der Waals surface area (Å²) in [6, 6.07) is 8.33. The van der Waals surface area contributed by atoms with Gasteiger partial charge in [0.15, 0.2) is 11.6 Å². The average molecular weight is 367 g/mol. The molecule has 0 saturated carbocycles. The third-order valence-corrected chi connectivity index (χ3v) is 5.23. The van der Waals surface area contributed by atoms with Crippen molar-refractivity contribution in [1.82, 2.24) is 4.90 Å². The normalized spacial score (nSPS) is 14.7. The molecule has 0 aromatic heterocycles. The van der Waals surface area contributed by atoms with E-state index in [9.17, 15) is 19.8 Å². The van der Waals surface area contributed by atoms with E-state index < -0.39 is 5.78 Å². The molecule has 0 radical (unpaired) electrons. The molecule has 142 valence electrons. The van der Waals surface area contributed by atoms with Crippen LogP contribution in [0.25, 0.3) is 0 Å². The summed E-state index contributed by atoms with van der Waals surface area (Å²) in [5.41, 5.74) is 1.54. The van der Waals surface area contributed by atoms with Gasteiger partial charge in [-0.2, -0.15) is 0 Å². The fourth-order valence-corrected chi connectivity index (χ4v) is 4.18. The van der Waals surface area contributed by atoms with E-state index in [1.165, 1.54) is 6.07 Å². The summed E-state index contributed by atoms with van der Waals surface area (Å²) >= 11 is 0. The van der Waals surface area contributed by atoms with Gasteiger partial charge in [0.1, 0.15) is 11.5 Å². The first-order valence-electron chi connectivity index (χ1n) is 9.20. The molecular formula is C22H25NO4. The number of rotatable bonds is 4. The number of hydrogen-bond donors (Lipinski definition) is 2. The van der Waals surface area contributed by atoms with E-state index in [1.807, 2.05) is 6.07 Å². The minimum absolute atomic E-state index is 0.0411. The first kappa shape index (κ1) is 19.1. The van der Waals surface area contributed by atoms with E-state index in [2.05, 4.69) is 39.5 Å². The smallest absolute Gasteiger partial charge is 0.198 e. The van der Waals surface area contributed by atoms with Crippen LogP contribution in [-0.2, 0) is 0 Å². The van der Waals surface area contributed by atoms with Crippen molar-refractivity contribution in [2.24, 2.45) is 0 Å². The lowest BCUT2D eigenvalue weighted by Gasteiger charge is -2.37. The van der Waals surface area contributed by atoms with E-state index in [0.717, 1.165) is 11.6 Å². The zero-order chi connectivity index (χ0) is 20.0. The maximum atomic E-state index is 13.0. The molecule has 0 heterocycles. The molecule has 1 atom stereocenters. The molecular weight excluding hydrogens is 342 g/mol. The number of aromatic hydroxyl groups is 2. The fourth-order valence-electron chi connectivity index (χ4n) is 4.18. The number of phenols is 2. The van der Waals surface area contributed by atoms with Crippen molar-refractivity contribution >= 4 is 11.6 Å². The van der Waals surface area contributed by atoms with Crippen LogP contribution in [0.2, 0.25) is 0 Å². The minimum Gasteiger partial charge on any atom is -0.508 e. The lowest BCUT2D eigenvalue weighted by atomic mass is 9.82. The molecule has 2 aromatic rings. The van der Waals surface area contributed by atoms with Gasteiger partial charge in [-0.15, -0.1) is 0 Å². The molecule has 0 fully saturated rings. The Hall–Kier alpha value is -2.66. The molecule has 0 amide bonds. The second-order valence-electron chi connectivity index (χ2n) is 7.66. The SMILES string of the molecule is CC(C)N(C(C)C)C(C)c1ccc2c(c1)C(=O)c1cc(O)cc(O)c1C2=O. The third kappa shape index (κ3) is 3.12. The third-order valence-electron chi connectivity index (χ3n) is 5.23. The Kier molecular flexibility index (Phi) is 4.82. The highest BCUT2D eigenvalue weighted by Gasteiger charge is 2.33. The quantitative estimate of drug-likeness (QED) is 0.727. The van der Waals surface area contributed by atoms with Gasteiger partial charge in [-0.1, -0.05) is 6.07 Å². The van der Waals surface area contributed by atoms with Crippen molar-refractivity contribution in [3.05, 3.63) is 58.1 Å². The Morgan fingerprint density at radius 2 is 1.41 bits per heavy atom. The minimum atomic E-state index is -0.402. The van der Waals surface area contributed by atoms with Crippen LogP contribution in [0.3, 0.4) is 0 Å². The van der Waals surface area contributed by atoms with Gasteiger partial charge in [-0.25, -0.2) is 0 Å². The van der Waals surface area contributed by atoms with Crippen LogP contribution < -0.4 is 0 Å². The maximum absolute atomic E-state index is 13.0. The highest BCUT2D eigenvalue weighted by molar-refractivity contribution is 6.29. The predicted molar refractivity (Wildman–Crippen MR) is 104 cm³/mol. The molecule has 2 N–H and O–H groups in total. The summed E-state index contributed by atoms with van der Waals surface area (Å²) in [4.78, 5) is 28.1. The molecule has 5 heteroatoms. The molecule has 1 aliphatic rings. The van der Waals surface area contributed by atoms with Crippen LogP contribution in [0.1, 0.15) is 78.1 Å². The van der Waals surface area contributed by atoms with Crippen LogP contribution in [0.4, 0.5) is 0 Å². The van der Waals surface area contributed by atoms with Gasteiger partial charge in [0.25, 0.3) is 0 Å². The largest absolute Gasteiger partial charge is 0.508 e. The van der Waals surface area contributed by atoms with Gasteiger partial charge >= 0.3 is 0 Å². The van der Waals surface area contributed by atoms with Crippen LogP contribution in [0.15, 0.2) is 30.3 Å². The Morgan fingerprint density at radius 1 is 0.778 bits per heavy atom. The van der Waals surface area contributed by atoms with Gasteiger partial charge in [0, 0.05) is 40.9 Å². The first-order chi connectivity index (χ1) is 12.6. The lowest BCUT2D eigenvalue weighted by Crippen LogP contribution is -2.39. The number of nitrogens with zero attached hydrogens (tertiary/aromatic N) is 1. The van der Waals surface area contributed by atoms with E-state index in [-0.39, 0.29) is 40.0 Å². The fraction of sp³-hybridized carbons (Fsp3) is 0.364. The summed E-state index contributed by atoms with van der Waals surface area (Å²) in [7, 11) is 0. The van der Waals surface area contributed by atoms with Crippen LogP contribution >= 0.6 is 0 Å². The van der Waals surface area contributed by atoms with E-state index in [1.54, 1.807) is 12.1 Å². The Bertz CT molecular complexity index is 922. The standard InChI is InChI=1S/C22H25NO4/c1-11(2)23(12(3)4)13(5)14-6-7-16-17(8-14)21(26)18-9-15(24)10-19(25)20(18)22(16)27/h6-13,24-25H,1-5H3. The second-order valence-corrected chi connectivity index (χ2v) is 7.66. The molecule has 1 aliphatic carbocycles. The van der Waals surface area contributed by atoms with Crippen molar-refractivity contribution in [2.45, 2.75) is 52.7 Å². The number of hydrogen-bond acceptors (Lipinski definition) is 5. The van der Waals surface area contributed by atoms with Crippen LogP contribution in [-0.4, -0.2) is 38.8 Å². The summed E-state index contributed by atoms with van der Waals surface area (Å²) < 4.78 is 0. The first-order valence-corrected chi connectivity index (χ1v) is 9.20. The van der Waals surface area contributed by atoms with Gasteiger partial charge in [0.2, 0.25) is 0 Å². The highest BCUT2D eigenvalue weighted by Crippen LogP contribution is 2.37. The zero-order valence-electron chi connectivity index (χ0n) is 16.3. The number of fused-ring (bicyclic) bond motifs is 2. The number of carbonyl (C=O) groups excluding carboxylic acids is 2. The number of carbonyl (C=O) groups is 2. The lowest BCUT2D eigenvalue weighted by molar-refractivity contribution is 0.0975. The molecule has 5 nitrogen and oxygen atoms in total. The Balaban J connectivity index is 2.10. The molecule has 0 spiro atoms. The molecule has 3 rings (SSSR count). The number of ketones is 2. The monoisotopic (exact) mass is 367 g/mol. The summed E-state index contributed by atoms with van der Waals surface area (Å²) in [6.45, 7) is 10.6. The van der Waals surface area contributed by atoms with Gasteiger partial charge < -0.3 is 10.2 Å². The topological polar surface area (TPSA) is 77.8 Å². The number of phenolic OH excluding ortho intramolecular Hbond substituents is 2. The second kappa shape index (κ2) is 6.82. The maximum Gasteiger partial charge on any atom is 0.198 e. The summed E-state index contributed by atoms with van der Waals surface area (Å²) in [6.07, 6.45) is 0. The highest BCUT2D eigenvalue weighted by atomic mass is 16.3. The summed E-state index contributed by atoms with van der Waals surface area (Å²) in [5.74, 6) is -1.38. The van der Waals surface area contributed by atoms with E-state index in [0.29, 0.717) is 17.6 Å². The average Bonchev–Trinajstić information content (AvgIpc) is 2.57.